The number of anilines is 1. The van der Waals surface area contributed by atoms with Crippen LogP contribution in [0.15, 0.2) is 56.9 Å². The molecule has 0 bridgehead atoms. The van der Waals surface area contributed by atoms with Crippen molar-refractivity contribution in [3.63, 3.8) is 0 Å². The number of nitrogens with zero attached hydrogens (tertiary/aromatic N) is 1. The topological polar surface area (TPSA) is 123 Å². The lowest BCUT2D eigenvalue weighted by molar-refractivity contribution is 0.130. The molecule has 0 aliphatic carbocycles. The third-order valence-electron chi connectivity index (χ3n) is 3.81. The molecule has 2 N–H and O–H groups in total. The van der Waals surface area contributed by atoms with E-state index in [2.05, 4.69) is 10.3 Å². The Balaban J connectivity index is 1.92. The van der Waals surface area contributed by atoms with Crippen LogP contribution in [0.5, 0.6) is 0 Å². The van der Waals surface area contributed by atoms with Crippen LogP contribution in [0, 0.1) is 6.92 Å². The molecule has 0 atom stereocenters. The Bertz CT molecular complexity index is 1160. The molecular formula is C18H19N3O6S. The number of H-pyrrole nitrogens is 1. The highest BCUT2D eigenvalue weighted by atomic mass is 32.2. The number of nitrogens with one attached hydrogen (secondary N) is 2. The maximum atomic E-state index is 12.9. The third-order valence-corrected chi connectivity index (χ3v) is 5.45. The number of aromatic amines is 1. The molecule has 0 aliphatic rings. The first kappa shape index (κ1) is 19.5. The van der Waals surface area contributed by atoms with Gasteiger partial charge in [0.25, 0.3) is 10.0 Å². The van der Waals surface area contributed by atoms with E-state index in [9.17, 15) is 18.0 Å². The fourth-order valence-corrected chi connectivity index (χ4v) is 3.82. The normalized spacial score (nSPS) is 11.6. The van der Waals surface area contributed by atoms with E-state index in [1.165, 1.54) is 24.5 Å². The summed E-state index contributed by atoms with van der Waals surface area (Å²) in [6, 6.07) is 7.34. The van der Waals surface area contributed by atoms with Gasteiger partial charge in [-0.1, -0.05) is 0 Å². The molecule has 3 rings (SSSR count). The molecule has 28 heavy (non-hydrogen) atoms. The van der Waals surface area contributed by atoms with Crippen molar-refractivity contribution in [3.05, 3.63) is 58.8 Å². The molecule has 0 unspecified atom stereocenters. The van der Waals surface area contributed by atoms with E-state index in [4.69, 9.17) is 9.15 Å². The van der Waals surface area contributed by atoms with E-state index in [1.807, 2.05) is 0 Å². The predicted octanol–water partition coefficient (Wildman–Crippen LogP) is 2.94. The van der Waals surface area contributed by atoms with Gasteiger partial charge in [0, 0.05) is 5.69 Å². The molecule has 0 saturated heterocycles. The second-order valence-electron chi connectivity index (χ2n) is 6.31. The van der Waals surface area contributed by atoms with Crippen LogP contribution in [0.25, 0.3) is 11.5 Å². The summed E-state index contributed by atoms with van der Waals surface area (Å²) in [7, 11) is -4.14. The molecule has 1 amide bonds. The quantitative estimate of drug-likeness (QED) is 0.673. The standard InChI is InChI=1S/C18H19N3O6S/c1-11(2)27-18(23)20-14-7-6-13(9-12(14)3)28(24,25)21-10-15(19-17(21)22)16-5-4-8-26-16/h4-11H,1-3H3,(H,19,22)(H,20,23). The highest BCUT2D eigenvalue weighted by Crippen LogP contribution is 2.23. The highest BCUT2D eigenvalue weighted by Gasteiger charge is 2.22. The smallest absolute Gasteiger partial charge is 0.411 e. The molecule has 0 fully saturated rings. The number of aryl methyl sites for hydroxylation is 1. The first-order chi connectivity index (χ1) is 13.2. The van der Waals surface area contributed by atoms with Crippen LogP contribution >= 0.6 is 0 Å². The highest BCUT2D eigenvalue weighted by molar-refractivity contribution is 7.90. The van der Waals surface area contributed by atoms with Crippen LogP contribution in [0.4, 0.5) is 10.5 Å². The number of ether oxygens (including phenoxy) is 1. The predicted molar refractivity (Wildman–Crippen MR) is 102 cm³/mol. The van der Waals surface area contributed by atoms with E-state index < -0.39 is 21.8 Å². The third kappa shape index (κ3) is 3.86. The first-order valence-corrected chi connectivity index (χ1v) is 9.82. The summed E-state index contributed by atoms with van der Waals surface area (Å²) in [4.78, 5) is 26.3. The average Bonchev–Trinajstić information content (AvgIpc) is 3.25. The maximum absolute atomic E-state index is 12.9. The number of amides is 1. The summed E-state index contributed by atoms with van der Waals surface area (Å²) in [5.74, 6) is 0.338. The molecule has 2 heterocycles. The van der Waals surface area contributed by atoms with Crippen molar-refractivity contribution in [2.24, 2.45) is 0 Å². The van der Waals surface area contributed by atoms with Gasteiger partial charge in [0.1, 0.15) is 5.69 Å². The van der Waals surface area contributed by atoms with Crippen LogP contribution in [-0.2, 0) is 14.8 Å². The number of benzene rings is 1. The molecular weight excluding hydrogens is 386 g/mol. The number of aromatic nitrogens is 2. The van der Waals surface area contributed by atoms with Crippen molar-refractivity contribution < 1.29 is 22.4 Å². The van der Waals surface area contributed by atoms with Gasteiger partial charge in [-0.25, -0.2) is 18.0 Å². The molecule has 3 aromatic rings. The lowest BCUT2D eigenvalue weighted by Crippen LogP contribution is -2.24. The zero-order chi connectivity index (χ0) is 20.5. The van der Waals surface area contributed by atoms with E-state index >= 15 is 0 Å². The second kappa shape index (κ2) is 7.39. The summed E-state index contributed by atoms with van der Waals surface area (Å²) in [6.07, 6.45) is 1.65. The molecule has 0 aliphatic heterocycles. The fraction of sp³-hybridized carbons (Fsp3) is 0.222. The van der Waals surface area contributed by atoms with Crippen molar-refractivity contribution in [2.45, 2.75) is 31.8 Å². The van der Waals surface area contributed by atoms with Crippen LogP contribution in [0.2, 0.25) is 0 Å². The van der Waals surface area contributed by atoms with E-state index in [0.717, 1.165) is 6.20 Å². The lowest BCUT2D eigenvalue weighted by Gasteiger charge is -2.12. The summed E-state index contributed by atoms with van der Waals surface area (Å²) in [6.45, 7) is 5.07. The zero-order valence-electron chi connectivity index (χ0n) is 15.4. The minimum absolute atomic E-state index is 0.0973. The van der Waals surface area contributed by atoms with Gasteiger partial charge in [0.2, 0.25) is 0 Å². The number of carbonyl (C=O) groups excluding carboxylic acids is 1. The Morgan fingerprint density at radius 3 is 2.64 bits per heavy atom. The van der Waals surface area contributed by atoms with Gasteiger partial charge >= 0.3 is 11.8 Å². The molecule has 2 aromatic heterocycles. The molecule has 9 nitrogen and oxygen atoms in total. The van der Waals surface area contributed by atoms with E-state index in [0.29, 0.717) is 21.0 Å². The van der Waals surface area contributed by atoms with Crippen molar-refractivity contribution >= 4 is 21.8 Å². The maximum Gasteiger partial charge on any atom is 0.411 e. The Labute approximate surface area is 161 Å². The number of hydrogen-bond acceptors (Lipinski definition) is 6. The lowest BCUT2D eigenvalue weighted by atomic mass is 10.2. The van der Waals surface area contributed by atoms with Crippen LogP contribution < -0.4 is 11.0 Å². The number of imidazole rings is 1. The molecule has 1 aromatic carbocycles. The van der Waals surface area contributed by atoms with E-state index in [-0.39, 0.29) is 16.7 Å². The molecule has 0 saturated carbocycles. The Morgan fingerprint density at radius 2 is 2.04 bits per heavy atom. The number of carbonyl (C=O) groups is 1. The molecule has 10 heteroatoms. The van der Waals surface area contributed by atoms with Gasteiger partial charge in [-0.2, -0.15) is 3.97 Å². The Morgan fingerprint density at radius 1 is 1.29 bits per heavy atom. The minimum atomic E-state index is -4.14. The largest absolute Gasteiger partial charge is 0.463 e. The fourth-order valence-electron chi connectivity index (χ4n) is 2.52. The van der Waals surface area contributed by atoms with Crippen molar-refractivity contribution in [2.75, 3.05) is 5.32 Å². The summed E-state index contributed by atoms with van der Waals surface area (Å²) in [5.41, 5.74) is 0.329. The monoisotopic (exact) mass is 405 g/mol. The Hall–Kier alpha value is -3.27. The summed E-state index contributed by atoms with van der Waals surface area (Å²) >= 11 is 0. The molecule has 0 spiro atoms. The van der Waals surface area contributed by atoms with Crippen molar-refractivity contribution in [3.8, 4) is 11.5 Å². The van der Waals surface area contributed by atoms with Gasteiger partial charge in [-0.05, 0) is 56.7 Å². The Kier molecular flexibility index (Phi) is 5.14. The van der Waals surface area contributed by atoms with Crippen LogP contribution in [-0.4, -0.2) is 29.6 Å². The van der Waals surface area contributed by atoms with Gasteiger partial charge in [-0.3, -0.25) is 5.32 Å². The second-order valence-corrected chi connectivity index (χ2v) is 8.12. The first-order valence-electron chi connectivity index (χ1n) is 8.38. The average molecular weight is 405 g/mol. The molecule has 148 valence electrons. The van der Waals surface area contributed by atoms with Gasteiger partial charge in [0.05, 0.1) is 23.5 Å². The number of hydrogen-bond donors (Lipinski definition) is 2. The number of rotatable bonds is 5. The van der Waals surface area contributed by atoms with Crippen molar-refractivity contribution in [1.29, 1.82) is 0 Å². The summed E-state index contributed by atoms with van der Waals surface area (Å²) in [5, 5.41) is 2.55. The number of furan rings is 1. The SMILES string of the molecule is Cc1cc(S(=O)(=O)n2cc(-c3ccco3)[nH]c2=O)ccc1NC(=O)OC(C)C. The zero-order valence-corrected chi connectivity index (χ0v) is 16.2. The minimum Gasteiger partial charge on any atom is -0.463 e. The van der Waals surface area contributed by atoms with E-state index in [1.54, 1.807) is 32.9 Å². The van der Waals surface area contributed by atoms with Crippen LogP contribution in [0.1, 0.15) is 19.4 Å². The van der Waals surface area contributed by atoms with Crippen LogP contribution in [0.3, 0.4) is 0 Å². The molecule has 0 radical (unpaired) electrons. The van der Waals surface area contributed by atoms with Gasteiger partial charge in [0.15, 0.2) is 5.76 Å². The van der Waals surface area contributed by atoms with Crippen molar-refractivity contribution in [1.82, 2.24) is 8.96 Å². The van der Waals surface area contributed by atoms with Gasteiger partial charge in [-0.15, -0.1) is 0 Å². The van der Waals surface area contributed by atoms with Gasteiger partial charge < -0.3 is 14.1 Å². The summed E-state index contributed by atoms with van der Waals surface area (Å²) < 4.78 is 36.5.